The molecule has 3 rings (SSSR count). The molecular formula is C21H28N4O. The molecule has 1 amide bonds. The van der Waals surface area contributed by atoms with Crippen molar-refractivity contribution in [2.75, 3.05) is 38.5 Å². The molecule has 1 heterocycles. The van der Waals surface area contributed by atoms with Gasteiger partial charge in [-0.3, -0.25) is 9.69 Å². The number of piperazine rings is 1. The molecule has 0 aliphatic carbocycles. The highest BCUT2D eigenvalue weighted by Crippen LogP contribution is 2.17. The van der Waals surface area contributed by atoms with Gasteiger partial charge < -0.3 is 16.0 Å². The lowest BCUT2D eigenvalue weighted by atomic mass is 10.0. The summed E-state index contributed by atoms with van der Waals surface area (Å²) in [5.74, 6) is -0.0573. The van der Waals surface area contributed by atoms with E-state index in [2.05, 4.69) is 34.3 Å². The van der Waals surface area contributed by atoms with Crippen LogP contribution in [-0.4, -0.2) is 48.9 Å². The maximum absolute atomic E-state index is 12.3. The zero-order chi connectivity index (χ0) is 18.4. The van der Waals surface area contributed by atoms with Crippen LogP contribution in [0.15, 0.2) is 54.6 Å². The first-order valence-electron chi connectivity index (χ1n) is 9.20. The Kier molecular flexibility index (Phi) is 6.39. The minimum atomic E-state index is -0.287. The van der Waals surface area contributed by atoms with Crippen LogP contribution in [0.4, 0.5) is 5.69 Å². The third-order valence-corrected chi connectivity index (χ3v) is 4.85. The first-order chi connectivity index (χ1) is 12.6. The summed E-state index contributed by atoms with van der Waals surface area (Å²) in [6.45, 7) is 5.29. The summed E-state index contributed by atoms with van der Waals surface area (Å²) in [4.78, 5) is 17.1. The number of rotatable bonds is 6. The summed E-state index contributed by atoms with van der Waals surface area (Å²) >= 11 is 0. The lowest BCUT2D eigenvalue weighted by Crippen LogP contribution is -2.43. The van der Waals surface area contributed by atoms with Crippen molar-refractivity contribution < 1.29 is 4.79 Å². The first-order valence-corrected chi connectivity index (χ1v) is 9.20. The largest absolute Gasteiger partial charge is 0.326 e. The van der Waals surface area contributed by atoms with Gasteiger partial charge in [-0.05, 0) is 30.3 Å². The number of carbonyl (C=O) groups is 1. The lowest BCUT2D eigenvalue weighted by Gasteiger charge is -2.32. The van der Waals surface area contributed by atoms with Gasteiger partial charge in [0.1, 0.15) is 0 Å². The maximum atomic E-state index is 12.3. The molecule has 0 saturated carbocycles. The standard InChI is InChI=1S/C21H28N4O/c1-24-10-12-25(13-11-24)16-17-6-5-9-19(14-17)23-21(26)15-20(22)18-7-3-2-4-8-18/h2-9,14,20H,10-13,15-16,22H2,1H3,(H,23,26). The van der Waals surface area contributed by atoms with Gasteiger partial charge in [-0.15, -0.1) is 0 Å². The molecule has 0 spiro atoms. The Morgan fingerprint density at radius 1 is 1.08 bits per heavy atom. The molecule has 1 unspecified atom stereocenters. The molecule has 26 heavy (non-hydrogen) atoms. The van der Waals surface area contributed by atoms with Crippen molar-refractivity contribution in [1.82, 2.24) is 9.80 Å². The van der Waals surface area contributed by atoms with E-state index in [0.717, 1.165) is 44.0 Å². The van der Waals surface area contributed by atoms with Crippen LogP contribution in [0, 0.1) is 0 Å². The molecule has 5 heteroatoms. The summed E-state index contributed by atoms with van der Waals surface area (Å²) in [7, 11) is 2.16. The van der Waals surface area contributed by atoms with E-state index in [-0.39, 0.29) is 18.4 Å². The predicted molar refractivity (Wildman–Crippen MR) is 106 cm³/mol. The van der Waals surface area contributed by atoms with Crippen LogP contribution in [0.1, 0.15) is 23.6 Å². The normalized spacial score (nSPS) is 17.0. The topological polar surface area (TPSA) is 61.6 Å². The summed E-state index contributed by atoms with van der Waals surface area (Å²) < 4.78 is 0. The van der Waals surface area contributed by atoms with Gasteiger partial charge in [-0.25, -0.2) is 0 Å². The third kappa shape index (κ3) is 5.39. The van der Waals surface area contributed by atoms with Gasteiger partial charge in [0.25, 0.3) is 0 Å². The Balaban J connectivity index is 1.53. The van der Waals surface area contributed by atoms with Crippen molar-refractivity contribution in [3.63, 3.8) is 0 Å². The molecule has 0 aromatic heterocycles. The van der Waals surface area contributed by atoms with E-state index in [1.807, 2.05) is 42.5 Å². The van der Waals surface area contributed by atoms with Crippen molar-refractivity contribution in [1.29, 1.82) is 0 Å². The van der Waals surface area contributed by atoms with Crippen molar-refractivity contribution in [3.05, 3.63) is 65.7 Å². The van der Waals surface area contributed by atoms with Crippen LogP contribution in [0.2, 0.25) is 0 Å². The third-order valence-electron chi connectivity index (χ3n) is 4.85. The Labute approximate surface area is 155 Å². The van der Waals surface area contributed by atoms with Crippen molar-refractivity contribution in [2.24, 2.45) is 5.73 Å². The second kappa shape index (κ2) is 8.94. The van der Waals surface area contributed by atoms with E-state index in [4.69, 9.17) is 5.73 Å². The highest BCUT2D eigenvalue weighted by Gasteiger charge is 2.15. The van der Waals surface area contributed by atoms with E-state index in [9.17, 15) is 4.79 Å². The molecule has 1 saturated heterocycles. The summed E-state index contributed by atoms with van der Waals surface area (Å²) in [6, 6.07) is 17.5. The fourth-order valence-corrected chi connectivity index (χ4v) is 3.24. The quantitative estimate of drug-likeness (QED) is 0.838. The summed E-state index contributed by atoms with van der Waals surface area (Å²) in [5, 5.41) is 2.98. The number of nitrogens with two attached hydrogens (primary N) is 1. The highest BCUT2D eigenvalue weighted by atomic mass is 16.1. The number of hydrogen-bond acceptors (Lipinski definition) is 4. The number of carbonyl (C=O) groups excluding carboxylic acids is 1. The molecule has 0 bridgehead atoms. The number of benzene rings is 2. The number of likely N-dealkylation sites (N-methyl/N-ethyl adjacent to an activating group) is 1. The number of anilines is 1. The molecule has 138 valence electrons. The van der Waals surface area contributed by atoms with E-state index in [1.54, 1.807) is 0 Å². The molecule has 1 fully saturated rings. The van der Waals surface area contributed by atoms with Crippen molar-refractivity contribution in [2.45, 2.75) is 19.0 Å². The summed E-state index contributed by atoms with van der Waals surface area (Å²) in [5.41, 5.74) is 9.18. The fourth-order valence-electron chi connectivity index (χ4n) is 3.24. The van der Waals surface area contributed by atoms with Crippen LogP contribution < -0.4 is 11.1 Å². The van der Waals surface area contributed by atoms with Gasteiger partial charge in [0.15, 0.2) is 0 Å². The van der Waals surface area contributed by atoms with Crippen LogP contribution >= 0.6 is 0 Å². The number of hydrogen-bond donors (Lipinski definition) is 2. The molecule has 3 N–H and O–H groups in total. The van der Waals surface area contributed by atoms with E-state index in [1.165, 1.54) is 5.56 Å². The van der Waals surface area contributed by atoms with Crippen molar-refractivity contribution >= 4 is 11.6 Å². The maximum Gasteiger partial charge on any atom is 0.226 e. The van der Waals surface area contributed by atoms with Crippen LogP contribution in [0.3, 0.4) is 0 Å². The second-order valence-electron chi connectivity index (χ2n) is 7.05. The van der Waals surface area contributed by atoms with Gasteiger partial charge in [0.2, 0.25) is 5.91 Å². The second-order valence-corrected chi connectivity index (χ2v) is 7.05. The Morgan fingerprint density at radius 2 is 1.81 bits per heavy atom. The van der Waals surface area contributed by atoms with Gasteiger partial charge in [-0.1, -0.05) is 42.5 Å². The zero-order valence-corrected chi connectivity index (χ0v) is 15.4. The van der Waals surface area contributed by atoms with Gasteiger partial charge in [0.05, 0.1) is 0 Å². The molecule has 2 aromatic rings. The fraction of sp³-hybridized carbons (Fsp3) is 0.381. The first kappa shape index (κ1) is 18.6. The number of nitrogens with zero attached hydrogens (tertiary/aromatic N) is 2. The number of amides is 1. The van der Waals surface area contributed by atoms with Crippen LogP contribution in [0.5, 0.6) is 0 Å². The van der Waals surface area contributed by atoms with Crippen LogP contribution in [0.25, 0.3) is 0 Å². The predicted octanol–water partition coefficient (Wildman–Crippen LogP) is 2.46. The van der Waals surface area contributed by atoms with Gasteiger partial charge in [0, 0.05) is 50.9 Å². The highest BCUT2D eigenvalue weighted by molar-refractivity contribution is 5.91. The Morgan fingerprint density at radius 3 is 2.54 bits per heavy atom. The molecular weight excluding hydrogens is 324 g/mol. The summed E-state index contributed by atoms with van der Waals surface area (Å²) in [6.07, 6.45) is 0.271. The molecule has 5 nitrogen and oxygen atoms in total. The van der Waals surface area contributed by atoms with E-state index < -0.39 is 0 Å². The smallest absolute Gasteiger partial charge is 0.226 e. The molecule has 1 atom stereocenters. The Hall–Kier alpha value is -2.21. The molecule has 0 radical (unpaired) electrons. The number of nitrogens with one attached hydrogen (secondary N) is 1. The zero-order valence-electron chi connectivity index (χ0n) is 15.4. The van der Waals surface area contributed by atoms with Gasteiger partial charge >= 0.3 is 0 Å². The SMILES string of the molecule is CN1CCN(Cc2cccc(NC(=O)CC(N)c3ccccc3)c2)CC1. The lowest BCUT2D eigenvalue weighted by molar-refractivity contribution is -0.116. The van der Waals surface area contributed by atoms with E-state index in [0.29, 0.717) is 0 Å². The van der Waals surface area contributed by atoms with Crippen molar-refractivity contribution in [3.8, 4) is 0 Å². The average Bonchev–Trinajstić information content (AvgIpc) is 2.64. The van der Waals surface area contributed by atoms with Gasteiger partial charge in [-0.2, -0.15) is 0 Å². The van der Waals surface area contributed by atoms with Crippen LogP contribution in [-0.2, 0) is 11.3 Å². The Bertz CT molecular complexity index is 711. The average molecular weight is 352 g/mol. The molecule has 1 aliphatic heterocycles. The minimum absolute atomic E-state index is 0.0573. The monoisotopic (exact) mass is 352 g/mol. The molecule has 1 aliphatic rings. The molecule has 2 aromatic carbocycles. The van der Waals surface area contributed by atoms with E-state index >= 15 is 0 Å². The minimum Gasteiger partial charge on any atom is -0.326 e.